The Labute approximate surface area is 159 Å². The van der Waals surface area contributed by atoms with Gasteiger partial charge < -0.3 is 9.47 Å². The Balaban J connectivity index is 2.00. The largest absolute Gasteiger partial charge is 0.467 e. The van der Waals surface area contributed by atoms with Crippen LogP contribution in [0.3, 0.4) is 0 Å². The summed E-state index contributed by atoms with van der Waals surface area (Å²) in [6.45, 7) is 0. The van der Waals surface area contributed by atoms with E-state index in [1.54, 1.807) is 10.8 Å². The molecule has 28 heavy (non-hydrogen) atoms. The molecular weight excluding hydrogens is 392 g/mol. The number of sulfonamides is 1. The minimum atomic E-state index is -4.50. The van der Waals surface area contributed by atoms with E-state index in [4.69, 9.17) is 4.74 Å². The van der Waals surface area contributed by atoms with Crippen molar-refractivity contribution < 1.29 is 27.5 Å². The van der Waals surface area contributed by atoms with Crippen LogP contribution in [0.2, 0.25) is 0 Å². The van der Waals surface area contributed by atoms with E-state index >= 15 is 0 Å². The molecule has 1 amide bonds. The lowest BCUT2D eigenvalue weighted by Gasteiger charge is -2.11. The number of methoxy groups -OCH3 is 2. The van der Waals surface area contributed by atoms with Crippen LogP contribution in [0.15, 0.2) is 27.9 Å². The second-order valence-electron chi connectivity index (χ2n) is 6.17. The average molecular weight is 410 g/mol. The highest BCUT2D eigenvalue weighted by Crippen LogP contribution is 2.41. The predicted octanol–water partition coefficient (Wildman–Crippen LogP) is 0.201. The molecular formula is C16H18N4O7S. The van der Waals surface area contributed by atoms with E-state index in [2.05, 4.69) is 9.84 Å². The van der Waals surface area contributed by atoms with Crippen LogP contribution in [0.1, 0.15) is 34.7 Å². The van der Waals surface area contributed by atoms with Crippen LogP contribution in [0.25, 0.3) is 0 Å². The Morgan fingerprint density at radius 2 is 1.93 bits per heavy atom. The Morgan fingerprint density at radius 3 is 2.46 bits per heavy atom. The first-order valence-electron chi connectivity index (χ1n) is 8.19. The Hall–Kier alpha value is -3.15. The van der Waals surface area contributed by atoms with Gasteiger partial charge in [-0.3, -0.25) is 0 Å². The predicted molar refractivity (Wildman–Crippen MR) is 94.9 cm³/mol. The summed E-state index contributed by atoms with van der Waals surface area (Å²) in [5.41, 5.74) is -0.389. The third-order valence-corrected chi connectivity index (χ3v) is 5.65. The van der Waals surface area contributed by atoms with Gasteiger partial charge in [-0.25, -0.2) is 32.1 Å². The number of rotatable bonds is 5. The molecule has 1 aliphatic rings. The zero-order valence-electron chi connectivity index (χ0n) is 15.3. The monoisotopic (exact) mass is 410 g/mol. The molecule has 0 aliphatic heterocycles. The lowest BCUT2D eigenvalue weighted by Crippen LogP contribution is -2.40. The van der Waals surface area contributed by atoms with Gasteiger partial charge in [-0.05, 0) is 36.5 Å². The number of amides is 1. The van der Waals surface area contributed by atoms with Crippen LogP contribution < -0.4 is 15.1 Å². The van der Waals surface area contributed by atoms with Gasteiger partial charge in [-0.2, -0.15) is 0 Å². The third kappa shape index (κ3) is 3.50. The lowest BCUT2D eigenvalue weighted by molar-refractivity contribution is 0.0596. The highest BCUT2D eigenvalue weighted by molar-refractivity contribution is 7.90. The van der Waals surface area contributed by atoms with Crippen LogP contribution in [0, 0.1) is 0 Å². The fraction of sp³-hybridized carbons (Fsp3) is 0.375. The van der Waals surface area contributed by atoms with Crippen molar-refractivity contribution in [2.45, 2.75) is 23.7 Å². The smallest absolute Gasteiger partial charge is 0.360 e. The molecule has 1 aromatic heterocycles. The summed E-state index contributed by atoms with van der Waals surface area (Å²) in [7, 11) is -0.833. The van der Waals surface area contributed by atoms with Crippen molar-refractivity contribution in [1.29, 1.82) is 0 Å². The van der Waals surface area contributed by atoms with Gasteiger partial charge in [0, 0.05) is 7.05 Å². The number of hydrogen-bond acceptors (Lipinski definition) is 8. The number of benzene rings is 1. The molecule has 1 heterocycles. The Kier molecular flexibility index (Phi) is 4.98. The number of hydrogen-bond donors (Lipinski definition) is 1. The molecule has 0 radical (unpaired) electrons. The maximum atomic E-state index is 12.8. The molecule has 0 unspecified atom stereocenters. The second kappa shape index (κ2) is 7.11. The van der Waals surface area contributed by atoms with Crippen molar-refractivity contribution in [3.05, 3.63) is 39.8 Å². The number of nitrogens with zero attached hydrogens (tertiary/aromatic N) is 3. The first-order chi connectivity index (χ1) is 13.2. The fourth-order valence-electron chi connectivity index (χ4n) is 2.65. The van der Waals surface area contributed by atoms with Gasteiger partial charge in [0.15, 0.2) is 0 Å². The number of carbonyl (C=O) groups excluding carboxylic acids is 2. The number of carbonyl (C=O) groups is 2. The summed E-state index contributed by atoms with van der Waals surface area (Å²) in [5, 5.41) is 3.61. The van der Waals surface area contributed by atoms with E-state index in [1.165, 1.54) is 26.3 Å². The van der Waals surface area contributed by atoms with E-state index in [0.717, 1.165) is 30.1 Å². The SMILES string of the molecule is COC(=O)c1ccc(C2CC2)cc1S(=O)(=O)NC(=O)n1nc(OC)n(C)c1=O. The minimum Gasteiger partial charge on any atom is -0.467 e. The maximum Gasteiger partial charge on any atom is 0.360 e. The highest BCUT2D eigenvalue weighted by atomic mass is 32.2. The standard InChI is InChI=1S/C16H18N4O7S/c1-19-15(27-3)17-20(16(19)23)14(22)18-28(24,25)12-8-10(9-4-5-9)6-7-11(12)13(21)26-2/h6-9H,4-5H2,1-3H3,(H,18,22). The van der Waals surface area contributed by atoms with Gasteiger partial charge >= 0.3 is 23.7 Å². The van der Waals surface area contributed by atoms with E-state index in [0.29, 0.717) is 4.68 Å². The summed E-state index contributed by atoms with van der Waals surface area (Å²) in [5.74, 6) is -0.661. The second-order valence-corrected chi connectivity index (χ2v) is 7.82. The topological polar surface area (TPSA) is 139 Å². The summed E-state index contributed by atoms with van der Waals surface area (Å²) in [6.07, 6.45) is 1.82. The molecule has 1 aliphatic carbocycles. The molecule has 0 spiro atoms. The minimum absolute atomic E-state index is 0.177. The number of aromatic nitrogens is 3. The molecule has 1 aromatic carbocycles. The fourth-order valence-corrected chi connectivity index (χ4v) is 3.81. The quantitative estimate of drug-likeness (QED) is 0.690. The van der Waals surface area contributed by atoms with Crippen molar-refractivity contribution in [1.82, 2.24) is 19.1 Å². The zero-order chi connectivity index (χ0) is 20.6. The van der Waals surface area contributed by atoms with Crippen LogP contribution in [-0.4, -0.2) is 49.0 Å². The lowest BCUT2D eigenvalue weighted by atomic mass is 10.1. The summed E-state index contributed by atoms with van der Waals surface area (Å²) in [4.78, 5) is 36.0. The molecule has 0 atom stereocenters. The van der Waals surface area contributed by atoms with Gasteiger partial charge in [0.2, 0.25) is 0 Å². The van der Waals surface area contributed by atoms with Crippen molar-refractivity contribution in [2.75, 3.05) is 14.2 Å². The highest BCUT2D eigenvalue weighted by Gasteiger charge is 2.31. The normalized spacial score (nSPS) is 13.8. The number of nitrogens with one attached hydrogen (secondary N) is 1. The summed E-state index contributed by atoms with van der Waals surface area (Å²) >= 11 is 0. The summed E-state index contributed by atoms with van der Waals surface area (Å²) < 4.78 is 38.1. The van der Waals surface area contributed by atoms with Gasteiger partial charge in [-0.1, -0.05) is 6.07 Å². The van der Waals surface area contributed by atoms with Crippen molar-refractivity contribution in [3.8, 4) is 6.01 Å². The Bertz CT molecular complexity index is 1110. The maximum absolute atomic E-state index is 12.8. The van der Waals surface area contributed by atoms with Crippen LogP contribution >= 0.6 is 0 Å². The van der Waals surface area contributed by atoms with E-state index in [-0.39, 0.29) is 17.5 Å². The number of ether oxygens (including phenoxy) is 2. The third-order valence-electron chi connectivity index (χ3n) is 4.29. The molecule has 0 bridgehead atoms. The molecule has 1 saturated carbocycles. The van der Waals surface area contributed by atoms with Crippen molar-refractivity contribution >= 4 is 22.0 Å². The molecule has 150 valence electrons. The zero-order valence-corrected chi connectivity index (χ0v) is 16.1. The molecule has 12 heteroatoms. The van der Waals surface area contributed by atoms with Crippen molar-refractivity contribution in [2.24, 2.45) is 7.05 Å². The van der Waals surface area contributed by atoms with Crippen LogP contribution in [-0.2, 0) is 21.8 Å². The molecule has 1 fully saturated rings. The van der Waals surface area contributed by atoms with E-state index in [9.17, 15) is 22.8 Å². The van der Waals surface area contributed by atoms with Crippen LogP contribution in [0.5, 0.6) is 6.01 Å². The van der Waals surface area contributed by atoms with Gasteiger partial charge in [0.05, 0.1) is 19.8 Å². The summed E-state index contributed by atoms with van der Waals surface area (Å²) in [6, 6.07) is 2.84. The number of esters is 1. The van der Waals surface area contributed by atoms with Crippen molar-refractivity contribution in [3.63, 3.8) is 0 Å². The van der Waals surface area contributed by atoms with Gasteiger partial charge in [-0.15, -0.1) is 9.78 Å². The molecule has 3 rings (SSSR count). The van der Waals surface area contributed by atoms with E-state index < -0.39 is 32.6 Å². The molecule has 0 saturated heterocycles. The molecule has 1 N–H and O–H groups in total. The Morgan fingerprint density at radius 1 is 1.25 bits per heavy atom. The van der Waals surface area contributed by atoms with E-state index in [1.807, 2.05) is 0 Å². The average Bonchev–Trinajstić information content (AvgIpc) is 3.47. The molecule has 11 nitrogen and oxygen atoms in total. The first kappa shape index (κ1) is 19.6. The van der Waals surface area contributed by atoms with Crippen LogP contribution in [0.4, 0.5) is 4.79 Å². The van der Waals surface area contributed by atoms with Gasteiger partial charge in [0.1, 0.15) is 4.90 Å². The molecule has 2 aromatic rings. The van der Waals surface area contributed by atoms with Gasteiger partial charge in [0.25, 0.3) is 10.0 Å². The first-order valence-corrected chi connectivity index (χ1v) is 9.67.